The zero-order chi connectivity index (χ0) is 24.6. The number of H-pyrrole nitrogens is 1. The van der Waals surface area contributed by atoms with Gasteiger partial charge >= 0.3 is 6.18 Å². The third-order valence-corrected chi connectivity index (χ3v) is 5.06. The molecule has 0 aliphatic carbocycles. The molecule has 2 aromatic carbocycles. The Hall–Kier alpha value is -3.04. The number of hydrogen-bond acceptors (Lipinski definition) is 4. The van der Waals surface area contributed by atoms with Gasteiger partial charge in [-0.15, -0.1) is 0 Å². The number of alkyl halides is 3. The number of carbonyl (C=O) groups is 2. The highest BCUT2D eigenvalue weighted by Crippen LogP contribution is 2.27. The molecule has 0 saturated carbocycles. The number of aliphatic carboxylic acids is 1. The van der Waals surface area contributed by atoms with Crippen LogP contribution in [0.15, 0.2) is 65.3 Å². The lowest BCUT2D eigenvalue weighted by Gasteiger charge is -2.25. The second kappa shape index (κ2) is 11.7. The van der Waals surface area contributed by atoms with Crippen LogP contribution in [-0.4, -0.2) is 24.1 Å². The molecule has 0 spiro atoms. The minimum atomic E-state index is -5.19. The zero-order valence-corrected chi connectivity index (χ0v) is 18.7. The molecule has 176 valence electrons. The van der Waals surface area contributed by atoms with Crippen molar-refractivity contribution in [3.8, 4) is 0 Å². The molecule has 11 heteroatoms. The van der Waals surface area contributed by atoms with E-state index in [1.54, 1.807) is 12.3 Å². The Morgan fingerprint density at radius 2 is 1.55 bits per heavy atom. The lowest BCUT2D eigenvalue weighted by Crippen LogP contribution is -2.37. The summed E-state index contributed by atoms with van der Waals surface area (Å²) in [6.07, 6.45) is -2.87. The first-order valence-corrected chi connectivity index (χ1v) is 10.3. The van der Waals surface area contributed by atoms with Crippen molar-refractivity contribution < 1.29 is 37.5 Å². The van der Waals surface area contributed by atoms with E-state index in [1.807, 2.05) is 55.5 Å². The van der Waals surface area contributed by atoms with Crippen LogP contribution >= 0.6 is 23.2 Å². The Labute approximate surface area is 197 Å². The number of nitrogens with one attached hydrogen (secondary N) is 2. The molecule has 2 N–H and O–H groups in total. The van der Waals surface area contributed by atoms with Crippen LogP contribution in [0.5, 0.6) is 0 Å². The van der Waals surface area contributed by atoms with Gasteiger partial charge in [-0.2, -0.15) is 13.2 Å². The maximum Gasteiger partial charge on any atom is 0.430 e. The van der Waals surface area contributed by atoms with Crippen molar-refractivity contribution in [2.24, 2.45) is 0 Å². The molecule has 33 heavy (non-hydrogen) atoms. The van der Waals surface area contributed by atoms with E-state index in [-0.39, 0.29) is 23.6 Å². The predicted molar refractivity (Wildman–Crippen MR) is 113 cm³/mol. The summed E-state index contributed by atoms with van der Waals surface area (Å²) in [7, 11) is 0. The number of benzene rings is 2. The quantitative estimate of drug-likeness (QED) is 0.553. The summed E-state index contributed by atoms with van der Waals surface area (Å²) in [6.45, 7) is 1.99. The Kier molecular flexibility index (Phi) is 9.31. The van der Waals surface area contributed by atoms with Crippen molar-refractivity contribution in [1.82, 2.24) is 5.32 Å². The third-order valence-electron chi connectivity index (χ3n) is 4.56. The maximum absolute atomic E-state index is 12.3. The maximum atomic E-state index is 12.3. The van der Waals surface area contributed by atoms with Crippen LogP contribution in [0.2, 0.25) is 10.0 Å². The fourth-order valence-corrected chi connectivity index (χ4v) is 3.16. The van der Waals surface area contributed by atoms with Crippen molar-refractivity contribution in [2.75, 3.05) is 0 Å². The van der Waals surface area contributed by atoms with Crippen LogP contribution in [0.25, 0.3) is 0 Å². The first-order valence-electron chi connectivity index (χ1n) is 9.52. The Morgan fingerprint density at radius 3 is 2.00 bits per heavy atom. The van der Waals surface area contributed by atoms with E-state index in [9.17, 15) is 18.0 Å². The van der Waals surface area contributed by atoms with Crippen molar-refractivity contribution >= 4 is 35.1 Å². The van der Waals surface area contributed by atoms with Gasteiger partial charge in [-0.1, -0.05) is 47.5 Å². The van der Waals surface area contributed by atoms with Gasteiger partial charge in [0, 0.05) is 22.0 Å². The Balaban J connectivity index is 0.000000479. The normalized spacial score (nSPS) is 12.8. The number of halogens is 5. The van der Waals surface area contributed by atoms with E-state index in [0.29, 0.717) is 10.0 Å². The van der Waals surface area contributed by atoms with Gasteiger partial charge in [-0.3, -0.25) is 4.79 Å². The number of carboxylic acid groups (broad SMARTS) is 1. The average Bonchev–Trinajstić information content (AvgIpc) is 3.29. The predicted octanol–water partition coefficient (Wildman–Crippen LogP) is 3.84. The van der Waals surface area contributed by atoms with E-state index in [2.05, 4.69) is 10.5 Å². The molecular weight excluding hydrogens is 484 g/mol. The fourth-order valence-electron chi connectivity index (χ4n) is 2.91. The van der Waals surface area contributed by atoms with Gasteiger partial charge in [0.2, 0.25) is 6.20 Å². The highest BCUT2D eigenvalue weighted by molar-refractivity contribution is 6.30. The molecular formula is C22H19Cl2F3N2O4. The summed E-state index contributed by atoms with van der Waals surface area (Å²) in [4.78, 5) is 21.1. The number of amides is 1. The van der Waals surface area contributed by atoms with Gasteiger partial charge in [0.05, 0.1) is 6.07 Å². The molecule has 0 saturated heterocycles. The summed E-state index contributed by atoms with van der Waals surface area (Å²) in [6, 6.07) is 16.9. The molecule has 0 aliphatic heterocycles. The lowest BCUT2D eigenvalue weighted by atomic mass is 9.86. The number of aromatic amines is 1. The summed E-state index contributed by atoms with van der Waals surface area (Å²) >= 11 is 12.0. The topological polar surface area (TPSA) is 96.5 Å². The second-order valence-corrected chi connectivity index (χ2v) is 7.83. The van der Waals surface area contributed by atoms with E-state index < -0.39 is 12.1 Å². The van der Waals surface area contributed by atoms with E-state index in [0.717, 1.165) is 17.5 Å². The third kappa shape index (κ3) is 8.43. The number of aromatic nitrogens is 1. The van der Waals surface area contributed by atoms with Crippen LogP contribution < -0.4 is 15.6 Å². The number of carbonyl (C=O) groups excluding carboxylic acids is 2. The average molecular weight is 503 g/mol. The fraction of sp³-hybridized carbons (Fsp3) is 0.227. The molecule has 0 unspecified atom stereocenters. The molecule has 0 fully saturated rings. The molecule has 0 radical (unpaired) electrons. The molecule has 0 aliphatic rings. The van der Waals surface area contributed by atoms with Crippen molar-refractivity contribution in [3.63, 3.8) is 0 Å². The smallest absolute Gasteiger partial charge is 0.430 e. The van der Waals surface area contributed by atoms with Crippen molar-refractivity contribution in [2.45, 2.75) is 31.5 Å². The number of carboxylic acids is 1. The van der Waals surface area contributed by atoms with Crippen LogP contribution in [0.4, 0.5) is 13.2 Å². The van der Waals surface area contributed by atoms with Gasteiger partial charge in [-0.25, -0.2) is 4.52 Å². The second-order valence-electron chi connectivity index (χ2n) is 6.95. The Morgan fingerprint density at radius 1 is 1.03 bits per heavy atom. The summed E-state index contributed by atoms with van der Waals surface area (Å²) in [5, 5.41) is 15.7. The standard InChI is InChI=1S/C20H18Cl2N2O2.C2HF3O2/c1-13(24-20(25)19-10-11-23-26-19)18(15-4-8-17(22)9-5-15)12-14-2-6-16(21)7-3-14;3-2(4,5)1(6)7/h2-11,13,18H,12H2,1H3,(H,24,25);(H,6,7)/t13-,18+;/m1./s1. The van der Waals surface area contributed by atoms with E-state index >= 15 is 0 Å². The van der Waals surface area contributed by atoms with Crippen LogP contribution in [0.3, 0.4) is 0 Å². The van der Waals surface area contributed by atoms with E-state index in [4.69, 9.17) is 37.6 Å². The lowest BCUT2D eigenvalue weighted by molar-refractivity contribution is -0.609. The van der Waals surface area contributed by atoms with Crippen LogP contribution in [-0.2, 0) is 11.2 Å². The molecule has 6 nitrogen and oxygen atoms in total. The summed E-state index contributed by atoms with van der Waals surface area (Å²) in [5.41, 5.74) is 2.24. The first kappa shape index (κ1) is 26.2. The minimum Gasteiger partial charge on any atom is -0.542 e. The van der Waals surface area contributed by atoms with Gasteiger partial charge < -0.3 is 15.2 Å². The minimum absolute atomic E-state index is 0.0661. The monoisotopic (exact) mass is 502 g/mol. The zero-order valence-electron chi connectivity index (χ0n) is 17.2. The highest BCUT2D eigenvalue weighted by atomic mass is 35.5. The molecule has 3 rings (SSSR count). The molecule has 1 aromatic heterocycles. The number of hydrogen-bond donors (Lipinski definition) is 1. The Bertz CT molecular complexity index is 1040. The summed E-state index contributed by atoms with van der Waals surface area (Å²) < 4.78 is 36.6. The highest BCUT2D eigenvalue weighted by Gasteiger charge is 2.29. The number of rotatable bonds is 6. The molecule has 1 amide bonds. The molecule has 1 heterocycles. The molecule has 2 atom stereocenters. The molecule has 3 aromatic rings. The SMILES string of the molecule is C[C@@H](NC(=O)c1cc[nH+]o1)[C@H](Cc1ccc(Cl)cc1)c1ccc(Cl)cc1.O=C([O-])C(F)(F)F. The van der Waals surface area contributed by atoms with E-state index in [1.165, 1.54) is 0 Å². The van der Waals surface area contributed by atoms with Gasteiger partial charge in [0.15, 0.2) is 0 Å². The largest absolute Gasteiger partial charge is 0.542 e. The van der Waals surface area contributed by atoms with Gasteiger partial charge in [-0.05, 0) is 53.9 Å². The van der Waals surface area contributed by atoms with Gasteiger partial charge in [0.25, 0.3) is 11.7 Å². The first-order chi connectivity index (χ1) is 15.5. The van der Waals surface area contributed by atoms with Crippen molar-refractivity contribution in [1.29, 1.82) is 0 Å². The van der Waals surface area contributed by atoms with Crippen LogP contribution in [0.1, 0.15) is 34.5 Å². The van der Waals surface area contributed by atoms with Crippen LogP contribution in [0, 0.1) is 0 Å². The van der Waals surface area contributed by atoms with Crippen molar-refractivity contribution in [3.05, 3.63) is 87.7 Å². The molecule has 0 bridgehead atoms. The summed E-state index contributed by atoms with van der Waals surface area (Å²) in [5.74, 6) is -2.95. The van der Waals surface area contributed by atoms with Gasteiger partial charge in [0.1, 0.15) is 5.97 Å².